The first kappa shape index (κ1) is 27.6. The van der Waals surface area contributed by atoms with Crippen molar-refractivity contribution in [3.63, 3.8) is 0 Å². The lowest BCUT2D eigenvalue weighted by atomic mass is 10.0. The van der Waals surface area contributed by atoms with Crippen LogP contribution in [0.1, 0.15) is 42.4 Å². The monoisotopic (exact) mass is 553 g/mol. The van der Waals surface area contributed by atoms with Crippen molar-refractivity contribution in [2.24, 2.45) is 0 Å². The minimum absolute atomic E-state index is 0.0203. The number of nitro benzene ring substituents is 1. The van der Waals surface area contributed by atoms with E-state index >= 15 is 0 Å². The van der Waals surface area contributed by atoms with E-state index in [0.29, 0.717) is 15.6 Å². The van der Waals surface area contributed by atoms with E-state index in [0.717, 1.165) is 31.2 Å². The number of rotatable bonds is 10. The Morgan fingerprint density at radius 3 is 2.24 bits per heavy atom. The second kappa shape index (κ2) is 12.9. The number of benzene rings is 3. The molecule has 9 heteroatoms. The molecular weight excluding hydrogens is 525 g/mol. The lowest BCUT2D eigenvalue weighted by Gasteiger charge is -2.33. The molecule has 0 saturated heterocycles. The highest BCUT2D eigenvalue weighted by molar-refractivity contribution is 6.36. The Hall–Kier alpha value is -3.42. The average Bonchev–Trinajstić information content (AvgIpc) is 3.41. The number of hydrogen-bond donors (Lipinski definition) is 1. The second-order valence-electron chi connectivity index (χ2n) is 9.48. The number of nitro groups is 1. The Balaban J connectivity index is 1.73. The van der Waals surface area contributed by atoms with Crippen molar-refractivity contribution in [2.45, 2.75) is 57.2 Å². The van der Waals surface area contributed by atoms with Crippen molar-refractivity contribution >= 4 is 40.7 Å². The lowest BCUT2D eigenvalue weighted by molar-refractivity contribution is -0.385. The summed E-state index contributed by atoms with van der Waals surface area (Å²) in [5.41, 5.74) is 1.52. The first-order valence-electron chi connectivity index (χ1n) is 12.6. The molecule has 1 aliphatic carbocycles. The van der Waals surface area contributed by atoms with E-state index < -0.39 is 16.9 Å². The maximum atomic E-state index is 13.9. The molecule has 3 aromatic rings. The number of para-hydroxylation sites is 1. The molecule has 0 spiro atoms. The van der Waals surface area contributed by atoms with Gasteiger partial charge >= 0.3 is 0 Å². The fourth-order valence-corrected chi connectivity index (χ4v) is 5.40. The molecule has 0 aromatic heterocycles. The van der Waals surface area contributed by atoms with Gasteiger partial charge in [-0.2, -0.15) is 0 Å². The van der Waals surface area contributed by atoms with Crippen LogP contribution in [0, 0.1) is 10.1 Å². The summed E-state index contributed by atoms with van der Waals surface area (Å²) in [6.45, 7) is -0.0203. The average molecular weight is 554 g/mol. The van der Waals surface area contributed by atoms with Gasteiger partial charge in [-0.3, -0.25) is 19.7 Å². The van der Waals surface area contributed by atoms with Gasteiger partial charge in [0.2, 0.25) is 11.8 Å². The van der Waals surface area contributed by atoms with E-state index in [1.807, 2.05) is 30.3 Å². The largest absolute Gasteiger partial charge is 0.352 e. The van der Waals surface area contributed by atoms with Gasteiger partial charge in [-0.05, 0) is 30.5 Å². The van der Waals surface area contributed by atoms with Crippen molar-refractivity contribution in [1.82, 2.24) is 10.2 Å². The molecule has 0 bridgehead atoms. The van der Waals surface area contributed by atoms with E-state index in [1.165, 1.54) is 11.0 Å². The van der Waals surface area contributed by atoms with Gasteiger partial charge in [0, 0.05) is 46.2 Å². The summed E-state index contributed by atoms with van der Waals surface area (Å²) in [7, 11) is 0. The van der Waals surface area contributed by atoms with Gasteiger partial charge in [-0.25, -0.2) is 0 Å². The Bertz CT molecular complexity index is 1280. The maximum absolute atomic E-state index is 13.9. The van der Waals surface area contributed by atoms with Crippen LogP contribution in [0.2, 0.25) is 10.0 Å². The Labute approximate surface area is 231 Å². The molecule has 4 rings (SSSR count). The minimum Gasteiger partial charge on any atom is -0.352 e. The standard InChI is InChI=1S/C29H29Cl2N3O4/c30-24-14-8-15-25(31)23(24)19-33(28(35)18-21-11-4-7-16-26(21)34(37)38)27(17-20-9-2-1-3-10-20)29(36)32-22-12-5-6-13-22/h1-4,7-11,14-16,22,27H,5-6,12-13,17-19H2,(H,32,36)/t27-/m1/s1. The van der Waals surface area contributed by atoms with Crippen LogP contribution in [0.3, 0.4) is 0 Å². The topological polar surface area (TPSA) is 92.6 Å². The van der Waals surface area contributed by atoms with Gasteiger partial charge in [0.1, 0.15) is 6.04 Å². The number of halogens is 2. The zero-order valence-electron chi connectivity index (χ0n) is 20.8. The number of carbonyl (C=O) groups is 2. The zero-order chi connectivity index (χ0) is 27.1. The van der Waals surface area contributed by atoms with E-state index in [-0.39, 0.29) is 42.6 Å². The van der Waals surface area contributed by atoms with Crippen molar-refractivity contribution in [3.05, 3.63) is 110 Å². The molecular formula is C29H29Cl2N3O4. The molecule has 3 aromatic carbocycles. The lowest BCUT2D eigenvalue weighted by Crippen LogP contribution is -2.52. The van der Waals surface area contributed by atoms with Crippen LogP contribution in [0.25, 0.3) is 0 Å². The number of nitrogens with zero attached hydrogens (tertiary/aromatic N) is 2. The van der Waals surface area contributed by atoms with Gasteiger partial charge < -0.3 is 10.2 Å². The summed E-state index contributed by atoms with van der Waals surface area (Å²) in [4.78, 5) is 40.2. The highest BCUT2D eigenvalue weighted by Crippen LogP contribution is 2.29. The number of carbonyl (C=O) groups excluding carboxylic acids is 2. The summed E-state index contributed by atoms with van der Waals surface area (Å²) in [5, 5.41) is 15.5. The molecule has 1 aliphatic rings. The predicted molar refractivity (Wildman–Crippen MR) is 148 cm³/mol. The van der Waals surface area contributed by atoms with Crippen LogP contribution < -0.4 is 5.32 Å². The third kappa shape index (κ3) is 6.91. The molecule has 1 atom stereocenters. The highest BCUT2D eigenvalue weighted by Gasteiger charge is 2.33. The smallest absolute Gasteiger partial charge is 0.273 e. The summed E-state index contributed by atoms with van der Waals surface area (Å²) >= 11 is 12.9. The van der Waals surface area contributed by atoms with Gasteiger partial charge in [0.05, 0.1) is 11.3 Å². The SMILES string of the molecule is O=C(NC1CCCC1)[C@@H](Cc1ccccc1)N(Cc1c(Cl)cccc1Cl)C(=O)Cc1ccccc1[N+](=O)[O-]. The third-order valence-corrected chi connectivity index (χ3v) is 7.60. The molecule has 198 valence electrons. The number of nitrogens with one attached hydrogen (secondary N) is 1. The first-order valence-corrected chi connectivity index (χ1v) is 13.4. The van der Waals surface area contributed by atoms with E-state index in [2.05, 4.69) is 5.32 Å². The fourth-order valence-electron chi connectivity index (χ4n) is 4.88. The van der Waals surface area contributed by atoms with Crippen molar-refractivity contribution in [3.8, 4) is 0 Å². The van der Waals surface area contributed by atoms with Crippen LogP contribution >= 0.6 is 23.2 Å². The first-order chi connectivity index (χ1) is 18.3. The molecule has 2 amide bonds. The van der Waals surface area contributed by atoms with Crippen LogP contribution in [0.5, 0.6) is 0 Å². The molecule has 1 N–H and O–H groups in total. The molecule has 38 heavy (non-hydrogen) atoms. The summed E-state index contributed by atoms with van der Waals surface area (Å²) < 4.78 is 0. The van der Waals surface area contributed by atoms with Crippen molar-refractivity contribution in [1.29, 1.82) is 0 Å². The molecule has 7 nitrogen and oxygen atoms in total. The van der Waals surface area contributed by atoms with Gasteiger partial charge in [-0.15, -0.1) is 0 Å². The maximum Gasteiger partial charge on any atom is 0.273 e. The van der Waals surface area contributed by atoms with Crippen LogP contribution in [0.15, 0.2) is 72.8 Å². The molecule has 0 heterocycles. The third-order valence-electron chi connectivity index (χ3n) is 6.89. The highest BCUT2D eigenvalue weighted by atomic mass is 35.5. The van der Waals surface area contributed by atoms with Crippen LogP contribution in [0.4, 0.5) is 5.69 Å². The Morgan fingerprint density at radius 2 is 1.58 bits per heavy atom. The number of amides is 2. The van der Waals surface area contributed by atoms with E-state index in [9.17, 15) is 19.7 Å². The summed E-state index contributed by atoms with van der Waals surface area (Å²) in [5.74, 6) is -0.697. The van der Waals surface area contributed by atoms with E-state index in [1.54, 1.807) is 36.4 Å². The van der Waals surface area contributed by atoms with Crippen LogP contribution in [-0.4, -0.2) is 33.7 Å². The molecule has 0 aliphatic heterocycles. The summed E-state index contributed by atoms with van der Waals surface area (Å²) in [6, 6.07) is 19.8. The predicted octanol–water partition coefficient (Wildman–Crippen LogP) is 6.14. The van der Waals surface area contributed by atoms with Gasteiger partial charge in [-0.1, -0.05) is 90.6 Å². The molecule has 0 radical (unpaired) electrons. The quantitative estimate of drug-likeness (QED) is 0.241. The molecule has 1 fully saturated rings. The Kier molecular flexibility index (Phi) is 9.37. The van der Waals surface area contributed by atoms with E-state index in [4.69, 9.17) is 23.2 Å². The minimum atomic E-state index is -0.874. The Morgan fingerprint density at radius 1 is 0.947 bits per heavy atom. The van der Waals surface area contributed by atoms with Gasteiger partial charge in [0.15, 0.2) is 0 Å². The normalized spacial score (nSPS) is 14.2. The fraction of sp³-hybridized carbons (Fsp3) is 0.310. The van der Waals surface area contributed by atoms with Gasteiger partial charge in [0.25, 0.3) is 5.69 Å². The van der Waals surface area contributed by atoms with Crippen molar-refractivity contribution < 1.29 is 14.5 Å². The van der Waals surface area contributed by atoms with Crippen molar-refractivity contribution in [2.75, 3.05) is 0 Å². The molecule has 1 saturated carbocycles. The summed E-state index contributed by atoms with van der Waals surface area (Å²) in [6.07, 6.45) is 3.90. The zero-order valence-corrected chi connectivity index (χ0v) is 22.3. The second-order valence-corrected chi connectivity index (χ2v) is 10.3. The molecule has 0 unspecified atom stereocenters. The van der Waals surface area contributed by atoms with Crippen LogP contribution in [-0.2, 0) is 29.0 Å². The number of hydrogen-bond acceptors (Lipinski definition) is 4.